The summed E-state index contributed by atoms with van der Waals surface area (Å²) in [6, 6.07) is 11.7. The van der Waals surface area contributed by atoms with Crippen molar-refractivity contribution < 1.29 is 13.6 Å². The smallest absolute Gasteiger partial charge is 0.263 e. The number of benzene rings is 2. The summed E-state index contributed by atoms with van der Waals surface area (Å²) < 4.78 is 27.4. The van der Waals surface area contributed by atoms with E-state index in [-0.39, 0.29) is 17.5 Å². The quantitative estimate of drug-likeness (QED) is 0.384. The number of anilines is 1. The van der Waals surface area contributed by atoms with Gasteiger partial charge in [0.25, 0.3) is 12.3 Å². The molecule has 1 saturated heterocycles. The van der Waals surface area contributed by atoms with E-state index in [1.807, 2.05) is 25.5 Å². The number of aromatic amines is 1. The first kappa shape index (κ1) is 23.0. The molecular weight excluding hydrogens is 450 g/mol. The van der Waals surface area contributed by atoms with Gasteiger partial charge in [-0.15, -0.1) is 0 Å². The van der Waals surface area contributed by atoms with Crippen LogP contribution in [0, 0.1) is 0 Å². The maximum Gasteiger partial charge on any atom is 0.263 e. The molecule has 4 aromatic rings. The molecule has 1 amide bonds. The Morgan fingerprint density at radius 1 is 1.26 bits per heavy atom. The van der Waals surface area contributed by atoms with Gasteiger partial charge >= 0.3 is 0 Å². The van der Waals surface area contributed by atoms with Gasteiger partial charge in [0.2, 0.25) is 0 Å². The fourth-order valence-corrected chi connectivity index (χ4v) is 4.79. The minimum Gasteiger partial charge on any atom is -0.369 e. The molecule has 2 aromatic heterocycles. The Hall–Kier alpha value is -3.72. The summed E-state index contributed by atoms with van der Waals surface area (Å²) in [5.74, 6) is -0.248. The van der Waals surface area contributed by atoms with E-state index in [0.717, 1.165) is 52.8 Å². The number of H-pyrrole nitrogens is 1. The lowest BCUT2D eigenvalue weighted by Crippen LogP contribution is -2.47. The van der Waals surface area contributed by atoms with Crippen molar-refractivity contribution in [3.05, 3.63) is 71.5 Å². The summed E-state index contributed by atoms with van der Waals surface area (Å²) >= 11 is 0. The Bertz CT molecular complexity index is 1340. The Morgan fingerprint density at radius 2 is 2.06 bits per heavy atom. The monoisotopic (exact) mass is 478 g/mol. The van der Waals surface area contributed by atoms with Crippen LogP contribution in [-0.2, 0) is 13.6 Å². The number of nitrogens with zero attached hydrogens (tertiary/aromatic N) is 3. The number of hydrogen-bond donors (Lipinski definition) is 3. The molecule has 0 bridgehead atoms. The average Bonchev–Trinajstić information content (AvgIpc) is 3.50. The number of carbonyl (C=O) groups is 1. The number of fused-ring (bicyclic) bond motifs is 1. The standard InChI is InChI=1S/C26H28F2N6O/c1-33-14-19(13-30-33)22-11-21-23(9-8-18(12-29)24(21)32-22)34-10-2-3-20(15-34)31-26(35)17-6-4-16(5-7-17)25(27)28/h4-9,11,13-14,20,25,32H,2-3,10,12,15,29H2,1H3,(H,31,35)/t20-/m1/s1. The van der Waals surface area contributed by atoms with E-state index >= 15 is 0 Å². The number of piperidine rings is 1. The topological polar surface area (TPSA) is 92.0 Å². The Kier molecular flexibility index (Phi) is 6.25. The van der Waals surface area contributed by atoms with Gasteiger partial charge in [-0.2, -0.15) is 5.10 Å². The predicted molar refractivity (Wildman–Crippen MR) is 132 cm³/mol. The van der Waals surface area contributed by atoms with Crippen LogP contribution < -0.4 is 16.0 Å². The third-order valence-corrected chi connectivity index (χ3v) is 6.62. The number of nitrogens with one attached hydrogen (secondary N) is 2. The SMILES string of the molecule is Cn1cc(-c2cc3c(N4CCC[C@@H](NC(=O)c5ccc(C(F)F)cc5)C4)ccc(CN)c3[nH]2)cn1. The summed E-state index contributed by atoms with van der Waals surface area (Å²) in [6.45, 7) is 1.96. The van der Waals surface area contributed by atoms with E-state index in [4.69, 9.17) is 5.73 Å². The minimum absolute atomic E-state index is 0.0491. The number of alkyl halides is 2. The molecule has 1 fully saturated rings. The summed E-state index contributed by atoms with van der Waals surface area (Å²) in [7, 11) is 1.89. The van der Waals surface area contributed by atoms with E-state index in [2.05, 4.69) is 32.4 Å². The molecule has 35 heavy (non-hydrogen) atoms. The largest absolute Gasteiger partial charge is 0.369 e. The normalized spacial score (nSPS) is 16.3. The molecule has 7 nitrogen and oxygen atoms in total. The molecule has 0 saturated carbocycles. The Morgan fingerprint density at radius 3 is 2.74 bits per heavy atom. The number of nitrogens with two attached hydrogens (primary N) is 1. The summed E-state index contributed by atoms with van der Waals surface area (Å²) in [5, 5.41) is 8.44. The van der Waals surface area contributed by atoms with Gasteiger partial charge in [-0.1, -0.05) is 18.2 Å². The highest BCUT2D eigenvalue weighted by Gasteiger charge is 2.24. The van der Waals surface area contributed by atoms with Crippen LogP contribution >= 0.6 is 0 Å². The lowest BCUT2D eigenvalue weighted by Gasteiger charge is -2.35. The van der Waals surface area contributed by atoms with Gasteiger partial charge in [0, 0.05) is 72.4 Å². The molecule has 4 N–H and O–H groups in total. The first-order valence-corrected chi connectivity index (χ1v) is 11.7. The maximum absolute atomic E-state index is 12.8. The maximum atomic E-state index is 12.8. The highest BCUT2D eigenvalue weighted by molar-refractivity contribution is 5.98. The second-order valence-electron chi connectivity index (χ2n) is 9.00. The predicted octanol–water partition coefficient (Wildman–Crippen LogP) is 4.36. The number of carbonyl (C=O) groups excluding carboxylic acids is 1. The van der Waals surface area contributed by atoms with E-state index in [0.29, 0.717) is 18.7 Å². The third-order valence-electron chi connectivity index (χ3n) is 6.62. The van der Waals surface area contributed by atoms with Crippen molar-refractivity contribution in [2.75, 3.05) is 18.0 Å². The fourth-order valence-electron chi connectivity index (χ4n) is 4.79. The molecule has 0 unspecified atom stereocenters. The second kappa shape index (κ2) is 9.50. The van der Waals surface area contributed by atoms with Crippen molar-refractivity contribution in [2.24, 2.45) is 12.8 Å². The van der Waals surface area contributed by atoms with Crippen LogP contribution in [-0.4, -0.2) is 39.8 Å². The van der Waals surface area contributed by atoms with Gasteiger partial charge in [0.1, 0.15) is 0 Å². The zero-order valence-electron chi connectivity index (χ0n) is 19.5. The van der Waals surface area contributed by atoms with E-state index in [9.17, 15) is 13.6 Å². The molecule has 1 atom stereocenters. The zero-order valence-corrected chi connectivity index (χ0v) is 19.5. The van der Waals surface area contributed by atoms with Crippen molar-refractivity contribution in [3.8, 4) is 11.3 Å². The lowest BCUT2D eigenvalue weighted by molar-refractivity contribution is 0.0932. The van der Waals surface area contributed by atoms with Crippen LogP contribution in [0.2, 0.25) is 0 Å². The molecule has 0 radical (unpaired) electrons. The molecule has 182 valence electrons. The van der Waals surface area contributed by atoms with Gasteiger partial charge in [0.15, 0.2) is 0 Å². The lowest BCUT2D eigenvalue weighted by atomic mass is 10.0. The number of aromatic nitrogens is 3. The molecule has 1 aliphatic heterocycles. The molecule has 9 heteroatoms. The van der Waals surface area contributed by atoms with E-state index in [1.165, 1.54) is 24.3 Å². The number of hydrogen-bond acceptors (Lipinski definition) is 4. The van der Waals surface area contributed by atoms with Crippen molar-refractivity contribution in [1.82, 2.24) is 20.1 Å². The average molecular weight is 479 g/mol. The van der Waals surface area contributed by atoms with E-state index in [1.54, 1.807) is 4.68 Å². The van der Waals surface area contributed by atoms with E-state index < -0.39 is 6.43 Å². The Labute approximate surface area is 201 Å². The van der Waals surface area contributed by atoms with Crippen LogP contribution in [0.15, 0.2) is 54.9 Å². The molecule has 2 aromatic carbocycles. The highest BCUT2D eigenvalue weighted by Crippen LogP contribution is 2.34. The zero-order chi connectivity index (χ0) is 24.5. The van der Waals surface area contributed by atoms with Gasteiger partial charge in [-0.05, 0) is 42.7 Å². The first-order valence-electron chi connectivity index (χ1n) is 11.7. The van der Waals surface area contributed by atoms with Crippen molar-refractivity contribution in [1.29, 1.82) is 0 Å². The number of halogens is 2. The Balaban J connectivity index is 1.37. The van der Waals surface area contributed by atoms with Crippen molar-refractivity contribution >= 4 is 22.5 Å². The minimum atomic E-state index is -2.55. The summed E-state index contributed by atoms with van der Waals surface area (Å²) in [4.78, 5) is 18.6. The van der Waals surface area contributed by atoms with Crippen molar-refractivity contribution in [2.45, 2.75) is 31.9 Å². The van der Waals surface area contributed by atoms with Crippen LogP contribution in [0.5, 0.6) is 0 Å². The van der Waals surface area contributed by atoms with Crippen LogP contribution in [0.3, 0.4) is 0 Å². The molecule has 5 rings (SSSR count). The number of rotatable bonds is 6. The molecular formula is C26H28F2N6O. The van der Waals surface area contributed by atoms with Gasteiger partial charge in [-0.3, -0.25) is 9.48 Å². The van der Waals surface area contributed by atoms with Crippen LogP contribution in [0.1, 0.15) is 40.8 Å². The molecule has 1 aliphatic rings. The van der Waals surface area contributed by atoms with Crippen molar-refractivity contribution in [3.63, 3.8) is 0 Å². The summed E-state index contributed by atoms with van der Waals surface area (Å²) in [6.07, 6.45) is 3.03. The number of amides is 1. The molecule has 0 spiro atoms. The molecule has 0 aliphatic carbocycles. The number of aryl methyl sites for hydroxylation is 1. The molecule has 3 heterocycles. The van der Waals surface area contributed by atoms with Gasteiger partial charge < -0.3 is 20.9 Å². The fraction of sp³-hybridized carbons (Fsp3) is 0.308. The third kappa shape index (κ3) is 4.64. The first-order chi connectivity index (χ1) is 16.9. The summed E-state index contributed by atoms with van der Waals surface area (Å²) in [5.41, 5.74) is 11.4. The highest BCUT2D eigenvalue weighted by atomic mass is 19.3. The second-order valence-corrected chi connectivity index (χ2v) is 9.00. The van der Waals surface area contributed by atoms with Crippen LogP contribution in [0.4, 0.5) is 14.5 Å². The van der Waals surface area contributed by atoms with Gasteiger partial charge in [-0.25, -0.2) is 8.78 Å². The van der Waals surface area contributed by atoms with Gasteiger partial charge in [0.05, 0.1) is 11.7 Å². The van der Waals surface area contributed by atoms with Crippen LogP contribution in [0.25, 0.3) is 22.2 Å².